The molecule has 0 saturated heterocycles. The largest absolute Gasteiger partial charge is 0.466 e. The van der Waals surface area contributed by atoms with Crippen molar-refractivity contribution in [3.05, 3.63) is 0 Å². The van der Waals surface area contributed by atoms with Gasteiger partial charge in [0.05, 0.1) is 6.61 Å². The minimum Gasteiger partial charge on any atom is -0.466 e. The number of ether oxygens (including phenoxy) is 1. The van der Waals surface area contributed by atoms with Gasteiger partial charge in [-0.25, -0.2) is 0 Å². The molecular formula is C26H52O2. The van der Waals surface area contributed by atoms with Gasteiger partial charge in [0, 0.05) is 6.42 Å². The molecule has 0 saturated carbocycles. The maximum absolute atomic E-state index is 11.7. The van der Waals surface area contributed by atoms with Crippen LogP contribution in [0.2, 0.25) is 0 Å². The first kappa shape index (κ1) is 27.5. The Labute approximate surface area is 177 Å². The molecule has 0 unspecified atom stereocenters. The van der Waals surface area contributed by atoms with Crippen molar-refractivity contribution in [3.8, 4) is 0 Å². The third-order valence-corrected chi connectivity index (χ3v) is 5.75. The van der Waals surface area contributed by atoms with E-state index in [-0.39, 0.29) is 5.97 Å². The molecular weight excluding hydrogens is 344 g/mol. The number of carbonyl (C=O) groups excluding carboxylic acids is 1. The fourth-order valence-electron chi connectivity index (χ4n) is 3.78. The van der Waals surface area contributed by atoms with Gasteiger partial charge in [-0.05, 0) is 12.8 Å². The SMILES string of the molecule is CCCCCCCCCCCCCCC(=O)OCCCCCCCCCCC. The summed E-state index contributed by atoms with van der Waals surface area (Å²) in [5.74, 6) is 0.0200. The zero-order valence-electron chi connectivity index (χ0n) is 19.6. The van der Waals surface area contributed by atoms with Crippen LogP contribution in [0.25, 0.3) is 0 Å². The zero-order chi connectivity index (χ0) is 20.5. The van der Waals surface area contributed by atoms with E-state index in [4.69, 9.17) is 4.74 Å². The van der Waals surface area contributed by atoms with E-state index in [1.807, 2.05) is 0 Å². The Morgan fingerprint density at radius 2 is 0.786 bits per heavy atom. The summed E-state index contributed by atoms with van der Waals surface area (Å²) in [7, 11) is 0. The smallest absolute Gasteiger partial charge is 0.305 e. The van der Waals surface area contributed by atoms with Gasteiger partial charge in [-0.2, -0.15) is 0 Å². The third kappa shape index (κ3) is 23.5. The predicted octanol–water partition coefficient (Wildman–Crippen LogP) is 9.15. The molecule has 168 valence electrons. The molecule has 0 amide bonds. The van der Waals surface area contributed by atoms with Crippen LogP contribution in [0.5, 0.6) is 0 Å². The second-order valence-corrected chi connectivity index (χ2v) is 8.69. The van der Waals surface area contributed by atoms with Gasteiger partial charge in [-0.3, -0.25) is 4.79 Å². The predicted molar refractivity (Wildman–Crippen MR) is 124 cm³/mol. The molecule has 0 heterocycles. The normalized spacial score (nSPS) is 11.1. The number of carbonyl (C=O) groups is 1. The van der Waals surface area contributed by atoms with Crippen molar-refractivity contribution in [2.75, 3.05) is 6.61 Å². The number of hydrogen-bond acceptors (Lipinski definition) is 2. The van der Waals surface area contributed by atoms with Crippen LogP contribution >= 0.6 is 0 Å². The molecule has 2 heteroatoms. The van der Waals surface area contributed by atoms with E-state index in [2.05, 4.69) is 13.8 Å². The summed E-state index contributed by atoms with van der Waals surface area (Å²) in [5, 5.41) is 0. The summed E-state index contributed by atoms with van der Waals surface area (Å²) in [6, 6.07) is 0. The molecule has 0 aliphatic heterocycles. The molecule has 0 aromatic rings. The lowest BCUT2D eigenvalue weighted by Crippen LogP contribution is -2.05. The van der Waals surface area contributed by atoms with E-state index in [1.165, 1.54) is 122 Å². The van der Waals surface area contributed by atoms with Crippen LogP contribution in [0.3, 0.4) is 0 Å². The quantitative estimate of drug-likeness (QED) is 0.127. The highest BCUT2D eigenvalue weighted by Crippen LogP contribution is 2.13. The Hall–Kier alpha value is -0.530. The van der Waals surface area contributed by atoms with E-state index in [1.54, 1.807) is 0 Å². The summed E-state index contributed by atoms with van der Waals surface area (Å²) in [4.78, 5) is 11.7. The number of hydrogen-bond donors (Lipinski definition) is 0. The van der Waals surface area contributed by atoms with E-state index in [0.29, 0.717) is 13.0 Å². The lowest BCUT2D eigenvalue weighted by atomic mass is 10.0. The average Bonchev–Trinajstić information content (AvgIpc) is 2.70. The Morgan fingerprint density at radius 3 is 1.18 bits per heavy atom. The molecule has 0 aliphatic rings. The highest BCUT2D eigenvalue weighted by atomic mass is 16.5. The van der Waals surface area contributed by atoms with Crippen LogP contribution < -0.4 is 0 Å². The molecule has 0 aromatic carbocycles. The molecule has 0 N–H and O–H groups in total. The van der Waals surface area contributed by atoms with Gasteiger partial charge in [0.1, 0.15) is 0 Å². The van der Waals surface area contributed by atoms with Crippen molar-refractivity contribution in [2.45, 2.75) is 155 Å². The molecule has 0 rings (SSSR count). The summed E-state index contributed by atoms with van der Waals surface area (Å²) >= 11 is 0. The molecule has 0 aromatic heterocycles. The van der Waals surface area contributed by atoms with Gasteiger partial charge >= 0.3 is 5.97 Å². The Morgan fingerprint density at radius 1 is 0.464 bits per heavy atom. The standard InChI is InChI=1S/C26H52O2/c1-3-5-7-9-11-13-14-15-16-18-20-22-24-26(27)28-25-23-21-19-17-12-10-8-6-4-2/h3-25H2,1-2H3. The lowest BCUT2D eigenvalue weighted by molar-refractivity contribution is -0.143. The van der Waals surface area contributed by atoms with Gasteiger partial charge < -0.3 is 4.74 Å². The summed E-state index contributed by atoms with van der Waals surface area (Å²) in [6.45, 7) is 5.17. The topological polar surface area (TPSA) is 26.3 Å². The molecule has 0 aliphatic carbocycles. The van der Waals surface area contributed by atoms with Gasteiger partial charge in [0.2, 0.25) is 0 Å². The molecule has 0 fully saturated rings. The van der Waals surface area contributed by atoms with Crippen LogP contribution in [0.1, 0.15) is 155 Å². The fraction of sp³-hybridized carbons (Fsp3) is 0.962. The van der Waals surface area contributed by atoms with Crippen LogP contribution in [0.15, 0.2) is 0 Å². The third-order valence-electron chi connectivity index (χ3n) is 5.75. The van der Waals surface area contributed by atoms with E-state index in [0.717, 1.165) is 12.8 Å². The van der Waals surface area contributed by atoms with Gasteiger partial charge in [-0.15, -0.1) is 0 Å². The molecule has 0 bridgehead atoms. The first-order valence-corrected chi connectivity index (χ1v) is 13.0. The van der Waals surface area contributed by atoms with Crippen molar-refractivity contribution in [1.29, 1.82) is 0 Å². The Bertz CT molecular complexity index is 301. The maximum Gasteiger partial charge on any atom is 0.305 e. The number of rotatable bonds is 23. The summed E-state index contributed by atoms with van der Waals surface area (Å²) in [6.07, 6.45) is 28.4. The van der Waals surface area contributed by atoms with Crippen molar-refractivity contribution < 1.29 is 9.53 Å². The van der Waals surface area contributed by atoms with Crippen molar-refractivity contribution in [1.82, 2.24) is 0 Å². The highest BCUT2D eigenvalue weighted by Gasteiger charge is 2.02. The van der Waals surface area contributed by atoms with Gasteiger partial charge in [0.25, 0.3) is 0 Å². The van der Waals surface area contributed by atoms with Crippen LogP contribution in [0.4, 0.5) is 0 Å². The van der Waals surface area contributed by atoms with E-state index in [9.17, 15) is 4.79 Å². The minimum atomic E-state index is 0.0200. The minimum absolute atomic E-state index is 0.0200. The second-order valence-electron chi connectivity index (χ2n) is 8.69. The van der Waals surface area contributed by atoms with Gasteiger partial charge in [-0.1, -0.05) is 136 Å². The monoisotopic (exact) mass is 396 g/mol. The fourth-order valence-corrected chi connectivity index (χ4v) is 3.78. The number of unbranched alkanes of at least 4 members (excludes halogenated alkanes) is 19. The first-order valence-electron chi connectivity index (χ1n) is 13.0. The molecule has 0 radical (unpaired) electrons. The van der Waals surface area contributed by atoms with Crippen molar-refractivity contribution >= 4 is 5.97 Å². The van der Waals surface area contributed by atoms with Crippen molar-refractivity contribution in [2.24, 2.45) is 0 Å². The maximum atomic E-state index is 11.7. The van der Waals surface area contributed by atoms with Crippen LogP contribution in [-0.4, -0.2) is 12.6 Å². The van der Waals surface area contributed by atoms with Crippen LogP contribution in [-0.2, 0) is 9.53 Å². The average molecular weight is 397 g/mol. The number of esters is 1. The van der Waals surface area contributed by atoms with E-state index < -0.39 is 0 Å². The summed E-state index contributed by atoms with van der Waals surface area (Å²) in [5.41, 5.74) is 0. The van der Waals surface area contributed by atoms with Crippen LogP contribution in [0, 0.1) is 0 Å². The van der Waals surface area contributed by atoms with E-state index >= 15 is 0 Å². The summed E-state index contributed by atoms with van der Waals surface area (Å²) < 4.78 is 5.36. The Kier molecular flexibility index (Phi) is 24.0. The van der Waals surface area contributed by atoms with Gasteiger partial charge in [0.15, 0.2) is 0 Å². The highest BCUT2D eigenvalue weighted by molar-refractivity contribution is 5.69. The molecule has 2 nitrogen and oxygen atoms in total. The lowest BCUT2D eigenvalue weighted by Gasteiger charge is -2.05. The Balaban J connectivity index is 3.13. The van der Waals surface area contributed by atoms with Crippen molar-refractivity contribution in [3.63, 3.8) is 0 Å². The molecule has 28 heavy (non-hydrogen) atoms. The molecule has 0 atom stereocenters. The zero-order valence-corrected chi connectivity index (χ0v) is 19.6. The first-order chi connectivity index (χ1) is 13.8. The molecule has 0 spiro atoms. The second kappa shape index (κ2) is 24.5.